The van der Waals surface area contributed by atoms with Gasteiger partial charge in [0, 0.05) is 5.39 Å². The molecular weight excluding hydrogens is 324 g/mol. The highest BCUT2D eigenvalue weighted by Gasteiger charge is 2.24. The predicted molar refractivity (Wildman–Crippen MR) is 104 cm³/mol. The molecule has 26 heavy (non-hydrogen) atoms. The number of ether oxygens (including phenoxy) is 1. The lowest BCUT2D eigenvalue weighted by atomic mass is 10.1. The number of fused-ring (bicyclic) bond motifs is 2. The minimum absolute atomic E-state index is 0.497. The fourth-order valence-corrected chi connectivity index (χ4v) is 3.34. The molecule has 0 unspecified atom stereocenters. The summed E-state index contributed by atoms with van der Waals surface area (Å²) in [6.07, 6.45) is 0. The first-order valence-electron chi connectivity index (χ1n) is 8.83. The van der Waals surface area contributed by atoms with Gasteiger partial charge in [-0.15, -0.1) is 0 Å². The van der Waals surface area contributed by atoms with Crippen LogP contribution in [0.25, 0.3) is 21.8 Å². The summed E-state index contributed by atoms with van der Waals surface area (Å²) < 4.78 is 8.12. The molecule has 0 fully saturated rings. The average molecular weight is 346 g/mol. The molecular formula is C22H22N2O2. The topological polar surface area (TPSA) is 47.3 Å². The lowest BCUT2D eigenvalue weighted by Crippen LogP contribution is -2.23. The Hall–Kier alpha value is -2.85. The van der Waals surface area contributed by atoms with E-state index in [-0.39, 0.29) is 0 Å². The summed E-state index contributed by atoms with van der Waals surface area (Å²) in [6, 6.07) is 22.2. The molecule has 4 heteroatoms. The highest BCUT2D eigenvalue weighted by molar-refractivity contribution is 5.88. The van der Waals surface area contributed by atoms with Crippen LogP contribution >= 0.6 is 0 Å². The van der Waals surface area contributed by atoms with E-state index < -0.39 is 5.60 Å². The van der Waals surface area contributed by atoms with Gasteiger partial charge in [0.25, 0.3) is 0 Å². The summed E-state index contributed by atoms with van der Waals surface area (Å²) in [5.74, 6) is 1.53. The second kappa shape index (κ2) is 6.46. The Morgan fingerprint density at radius 1 is 0.962 bits per heavy atom. The van der Waals surface area contributed by atoms with E-state index in [1.165, 1.54) is 0 Å². The van der Waals surface area contributed by atoms with Crippen LogP contribution in [0.4, 0.5) is 0 Å². The average Bonchev–Trinajstić information content (AvgIpc) is 3.01. The largest absolute Gasteiger partial charge is 0.491 e. The minimum atomic E-state index is -1.02. The number of imidazole rings is 1. The molecule has 0 radical (unpaired) electrons. The zero-order valence-electron chi connectivity index (χ0n) is 15.0. The first-order valence-corrected chi connectivity index (χ1v) is 8.83. The maximum absolute atomic E-state index is 10.5. The molecule has 0 spiro atoms. The molecule has 1 heterocycles. The molecule has 4 rings (SSSR count). The van der Waals surface area contributed by atoms with Crippen LogP contribution in [0.3, 0.4) is 0 Å². The van der Waals surface area contributed by atoms with Gasteiger partial charge in [0.05, 0.1) is 17.6 Å². The van der Waals surface area contributed by atoms with Gasteiger partial charge in [-0.2, -0.15) is 0 Å². The SMILES string of the molecule is CC(C)(O)c1nc2ccccc2n1CCOc1cccc2ccccc12. The Morgan fingerprint density at radius 2 is 1.69 bits per heavy atom. The van der Waals surface area contributed by atoms with Crippen LogP contribution in [0.5, 0.6) is 5.75 Å². The van der Waals surface area contributed by atoms with Crippen LogP contribution in [0.15, 0.2) is 66.7 Å². The number of para-hydroxylation sites is 2. The third-order valence-corrected chi connectivity index (χ3v) is 4.52. The molecule has 0 atom stereocenters. The van der Waals surface area contributed by atoms with Crippen LogP contribution in [0.1, 0.15) is 19.7 Å². The molecule has 0 aliphatic carbocycles. The summed E-state index contributed by atoms with van der Waals surface area (Å²) in [7, 11) is 0. The number of aromatic nitrogens is 2. The fourth-order valence-electron chi connectivity index (χ4n) is 3.34. The number of nitrogens with zero attached hydrogens (tertiary/aromatic N) is 2. The van der Waals surface area contributed by atoms with Gasteiger partial charge in [0.1, 0.15) is 23.8 Å². The third-order valence-electron chi connectivity index (χ3n) is 4.52. The highest BCUT2D eigenvalue weighted by Crippen LogP contribution is 2.27. The summed E-state index contributed by atoms with van der Waals surface area (Å²) >= 11 is 0. The van der Waals surface area contributed by atoms with Gasteiger partial charge in [-0.1, -0.05) is 48.5 Å². The van der Waals surface area contributed by atoms with Gasteiger partial charge >= 0.3 is 0 Å². The standard InChI is InChI=1S/C22H22N2O2/c1-22(2,25)21-23-18-11-5-6-12-19(18)24(21)14-15-26-20-13-7-9-16-8-3-4-10-17(16)20/h3-13,25H,14-15H2,1-2H3. The first kappa shape index (κ1) is 16.6. The van der Waals surface area contributed by atoms with Crippen molar-refractivity contribution in [2.45, 2.75) is 26.0 Å². The van der Waals surface area contributed by atoms with E-state index in [0.29, 0.717) is 19.0 Å². The van der Waals surface area contributed by atoms with Crippen LogP contribution in [0.2, 0.25) is 0 Å². The minimum Gasteiger partial charge on any atom is -0.491 e. The van der Waals surface area contributed by atoms with Crippen molar-refractivity contribution in [2.24, 2.45) is 0 Å². The maximum atomic E-state index is 10.5. The maximum Gasteiger partial charge on any atom is 0.141 e. The molecule has 1 aromatic heterocycles. The molecule has 1 N–H and O–H groups in total. The van der Waals surface area contributed by atoms with Gasteiger partial charge in [0.15, 0.2) is 0 Å². The van der Waals surface area contributed by atoms with E-state index in [4.69, 9.17) is 4.74 Å². The molecule has 3 aromatic carbocycles. The summed E-state index contributed by atoms with van der Waals surface area (Å²) in [6.45, 7) is 4.63. The van der Waals surface area contributed by atoms with Crippen molar-refractivity contribution in [3.05, 3.63) is 72.6 Å². The van der Waals surface area contributed by atoms with Crippen LogP contribution in [-0.2, 0) is 12.1 Å². The van der Waals surface area contributed by atoms with E-state index in [1.54, 1.807) is 13.8 Å². The van der Waals surface area contributed by atoms with E-state index in [1.807, 2.05) is 53.1 Å². The molecule has 0 aliphatic rings. The Morgan fingerprint density at radius 3 is 2.54 bits per heavy atom. The Kier molecular flexibility index (Phi) is 4.13. The normalized spacial score (nSPS) is 12.0. The molecule has 0 aliphatic heterocycles. The van der Waals surface area contributed by atoms with Gasteiger partial charge < -0.3 is 14.4 Å². The van der Waals surface area contributed by atoms with Crippen molar-refractivity contribution in [1.29, 1.82) is 0 Å². The number of hydrogen-bond acceptors (Lipinski definition) is 3. The lowest BCUT2D eigenvalue weighted by molar-refractivity contribution is 0.0645. The lowest BCUT2D eigenvalue weighted by Gasteiger charge is -2.19. The molecule has 0 saturated carbocycles. The molecule has 4 nitrogen and oxygen atoms in total. The quantitative estimate of drug-likeness (QED) is 0.579. The van der Waals surface area contributed by atoms with Gasteiger partial charge in [-0.05, 0) is 37.4 Å². The van der Waals surface area contributed by atoms with E-state index >= 15 is 0 Å². The smallest absolute Gasteiger partial charge is 0.141 e. The van der Waals surface area contributed by atoms with Gasteiger partial charge in [-0.3, -0.25) is 0 Å². The predicted octanol–water partition coefficient (Wildman–Crippen LogP) is 4.50. The molecule has 0 amide bonds. The first-order chi connectivity index (χ1) is 12.5. The van der Waals surface area contributed by atoms with Crippen molar-refractivity contribution in [3.63, 3.8) is 0 Å². The van der Waals surface area contributed by atoms with Gasteiger partial charge in [0.2, 0.25) is 0 Å². The molecule has 0 bridgehead atoms. The fraction of sp³-hybridized carbons (Fsp3) is 0.227. The van der Waals surface area contributed by atoms with Crippen LogP contribution in [-0.4, -0.2) is 21.3 Å². The number of benzene rings is 3. The zero-order chi connectivity index (χ0) is 18.1. The highest BCUT2D eigenvalue weighted by atomic mass is 16.5. The van der Waals surface area contributed by atoms with Crippen molar-refractivity contribution in [1.82, 2.24) is 9.55 Å². The van der Waals surface area contributed by atoms with Crippen molar-refractivity contribution >= 4 is 21.8 Å². The van der Waals surface area contributed by atoms with Crippen molar-refractivity contribution in [3.8, 4) is 5.75 Å². The number of hydrogen-bond donors (Lipinski definition) is 1. The van der Waals surface area contributed by atoms with Crippen LogP contribution in [0, 0.1) is 0 Å². The summed E-state index contributed by atoms with van der Waals surface area (Å²) in [5.41, 5.74) is 0.874. The second-order valence-corrected chi connectivity index (χ2v) is 6.96. The second-order valence-electron chi connectivity index (χ2n) is 6.96. The van der Waals surface area contributed by atoms with Gasteiger partial charge in [-0.25, -0.2) is 4.98 Å². The van der Waals surface area contributed by atoms with E-state index in [9.17, 15) is 5.11 Å². The number of rotatable bonds is 5. The Bertz CT molecular complexity index is 1060. The molecule has 4 aromatic rings. The van der Waals surface area contributed by atoms with E-state index in [2.05, 4.69) is 23.2 Å². The van der Waals surface area contributed by atoms with E-state index in [0.717, 1.165) is 27.6 Å². The van der Waals surface area contributed by atoms with Crippen LogP contribution < -0.4 is 4.74 Å². The third kappa shape index (κ3) is 3.04. The molecule has 132 valence electrons. The number of aliphatic hydroxyl groups is 1. The molecule has 0 saturated heterocycles. The monoisotopic (exact) mass is 346 g/mol. The zero-order valence-corrected chi connectivity index (χ0v) is 15.0. The Balaban J connectivity index is 1.62. The summed E-state index contributed by atoms with van der Waals surface area (Å²) in [5, 5.41) is 12.8. The summed E-state index contributed by atoms with van der Waals surface area (Å²) in [4.78, 5) is 4.62. The van der Waals surface area contributed by atoms with Crippen molar-refractivity contribution < 1.29 is 9.84 Å². The van der Waals surface area contributed by atoms with Crippen molar-refractivity contribution in [2.75, 3.05) is 6.61 Å². The Labute approximate surface area is 152 Å².